The highest BCUT2D eigenvalue weighted by molar-refractivity contribution is 6.58. The van der Waals surface area contributed by atoms with E-state index in [1.807, 2.05) is 31.2 Å². The van der Waals surface area contributed by atoms with Crippen molar-refractivity contribution in [2.75, 3.05) is 7.11 Å². The Kier molecular flexibility index (Phi) is 4.66. The van der Waals surface area contributed by atoms with Crippen molar-refractivity contribution in [1.29, 1.82) is 0 Å². The average molecular weight is 272 g/mol. The van der Waals surface area contributed by atoms with Crippen molar-refractivity contribution in [1.82, 2.24) is 0 Å². The number of hydrogen-bond donors (Lipinski definition) is 2. The van der Waals surface area contributed by atoms with Crippen molar-refractivity contribution in [2.45, 2.75) is 13.5 Å². The van der Waals surface area contributed by atoms with Gasteiger partial charge in [0, 0.05) is 5.56 Å². The lowest BCUT2D eigenvalue weighted by Crippen LogP contribution is -2.30. The van der Waals surface area contributed by atoms with Gasteiger partial charge in [-0.05, 0) is 36.1 Å². The molecule has 2 N–H and O–H groups in total. The third-order valence-corrected chi connectivity index (χ3v) is 2.99. The molecule has 0 aromatic heterocycles. The first kappa shape index (κ1) is 14.4. The van der Waals surface area contributed by atoms with E-state index in [2.05, 4.69) is 0 Å². The quantitative estimate of drug-likeness (QED) is 0.804. The van der Waals surface area contributed by atoms with Gasteiger partial charge in [-0.25, -0.2) is 0 Å². The third-order valence-electron chi connectivity index (χ3n) is 2.99. The first-order valence-corrected chi connectivity index (χ1v) is 6.32. The smallest absolute Gasteiger partial charge is 0.488 e. The molecule has 0 spiro atoms. The molecule has 0 fully saturated rings. The molecule has 20 heavy (non-hydrogen) atoms. The van der Waals surface area contributed by atoms with Gasteiger partial charge in [0.05, 0.1) is 7.11 Å². The zero-order chi connectivity index (χ0) is 14.5. The van der Waals surface area contributed by atoms with Crippen LogP contribution < -0.4 is 14.9 Å². The first-order chi connectivity index (χ1) is 9.60. The maximum Gasteiger partial charge on any atom is 0.488 e. The van der Waals surface area contributed by atoms with Crippen molar-refractivity contribution >= 4 is 12.6 Å². The van der Waals surface area contributed by atoms with Crippen LogP contribution in [0.2, 0.25) is 0 Å². The molecule has 0 heterocycles. The second kappa shape index (κ2) is 6.46. The second-order valence-electron chi connectivity index (χ2n) is 4.55. The van der Waals surface area contributed by atoms with Crippen molar-refractivity contribution < 1.29 is 19.5 Å². The normalized spacial score (nSPS) is 10.2. The third kappa shape index (κ3) is 3.53. The molecule has 2 rings (SSSR count). The van der Waals surface area contributed by atoms with E-state index in [1.165, 1.54) is 0 Å². The lowest BCUT2D eigenvalue weighted by atomic mass is 9.79. The Bertz CT molecular complexity index is 584. The topological polar surface area (TPSA) is 58.9 Å². The van der Waals surface area contributed by atoms with E-state index in [4.69, 9.17) is 9.47 Å². The SMILES string of the molecule is COc1ccc(B(O)O)cc1COc1cccc(C)c1. The van der Waals surface area contributed by atoms with Gasteiger partial charge >= 0.3 is 7.12 Å². The zero-order valence-electron chi connectivity index (χ0n) is 11.5. The molecule has 0 aliphatic heterocycles. The zero-order valence-corrected chi connectivity index (χ0v) is 11.5. The summed E-state index contributed by atoms with van der Waals surface area (Å²) in [5.41, 5.74) is 2.29. The predicted octanol–water partition coefficient (Wildman–Crippen LogP) is 1.26. The average Bonchev–Trinajstić information content (AvgIpc) is 2.44. The summed E-state index contributed by atoms with van der Waals surface area (Å²) in [6.45, 7) is 2.30. The van der Waals surface area contributed by atoms with E-state index in [-0.39, 0.29) is 0 Å². The Hall–Kier alpha value is -1.98. The molecule has 2 aromatic rings. The Morgan fingerprint density at radius 1 is 1.10 bits per heavy atom. The molecule has 0 atom stereocenters. The molecule has 5 heteroatoms. The van der Waals surface area contributed by atoms with Gasteiger partial charge in [0.25, 0.3) is 0 Å². The molecule has 104 valence electrons. The van der Waals surface area contributed by atoms with Crippen LogP contribution in [0.3, 0.4) is 0 Å². The fourth-order valence-electron chi connectivity index (χ4n) is 1.94. The van der Waals surface area contributed by atoms with Crippen LogP contribution in [-0.4, -0.2) is 24.3 Å². The maximum atomic E-state index is 9.21. The summed E-state index contributed by atoms with van der Waals surface area (Å²) >= 11 is 0. The Balaban J connectivity index is 2.17. The minimum atomic E-state index is -1.50. The van der Waals surface area contributed by atoms with Crippen LogP contribution in [0.4, 0.5) is 0 Å². The molecule has 0 saturated heterocycles. The molecule has 4 nitrogen and oxygen atoms in total. The second-order valence-corrected chi connectivity index (χ2v) is 4.55. The van der Waals surface area contributed by atoms with Crippen LogP contribution in [0.25, 0.3) is 0 Å². The van der Waals surface area contributed by atoms with E-state index >= 15 is 0 Å². The highest BCUT2D eigenvalue weighted by Crippen LogP contribution is 2.20. The summed E-state index contributed by atoms with van der Waals surface area (Å²) in [5, 5.41) is 18.4. The summed E-state index contributed by atoms with van der Waals surface area (Å²) in [4.78, 5) is 0. The van der Waals surface area contributed by atoms with Crippen molar-refractivity contribution in [3.63, 3.8) is 0 Å². The molecular formula is C15H17BO4. The highest BCUT2D eigenvalue weighted by Gasteiger charge is 2.14. The van der Waals surface area contributed by atoms with Gasteiger partial charge in [-0.3, -0.25) is 0 Å². The number of aryl methyl sites for hydroxylation is 1. The van der Waals surface area contributed by atoms with Crippen LogP contribution in [0.15, 0.2) is 42.5 Å². The fourth-order valence-corrected chi connectivity index (χ4v) is 1.94. The Labute approximate surface area is 118 Å². The van der Waals surface area contributed by atoms with E-state index in [0.29, 0.717) is 17.8 Å². The summed E-state index contributed by atoms with van der Waals surface area (Å²) in [6, 6.07) is 12.7. The molecule has 0 saturated carbocycles. The number of rotatable bonds is 5. The number of benzene rings is 2. The molecule has 2 aromatic carbocycles. The maximum absolute atomic E-state index is 9.21. The van der Waals surface area contributed by atoms with Crippen LogP contribution in [0, 0.1) is 6.92 Å². The monoisotopic (exact) mass is 272 g/mol. The highest BCUT2D eigenvalue weighted by atomic mass is 16.5. The van der Waals surface area contributed by atoms with Gasteiger partial charge in [-0.15, -0.1) is 0 Å². The summed E-state index contributed by atoms with van der Waals surface area (Å²) in [6.07, 6.45) is 0. The van der Waals surface area contributed by atoms with Gasteiger partial charge in [0.1, 0.15) is 18.1 Å². The molecule has 0 aliphatic rings. The van der Waals surface area contributed by atoms with Crippen molar-refractivity contribution in [3.8, 4) is 11.5 Å². The summed E-state index contributed by atoms with van der Waals surface area (Å²) in [5.74, 6) is 1.42. The standard InChI is InChI=1S/C15H17BO4/c1-11-4-3-5-14(8-11)20-10-12-9-13(16(17)18)6-7-15(12)19-2/h3-9,17-18H,10H2,1-2H3. The molecule has 0 aliphatic carbocycles. The van der Waals surface area contributed by atoms with Gasteiger partial charge in [0.2, 0.25) is 0 Å². The van der Waals surface area contributed by atoms with Gasteiger partial charge in [-0.2, -0.15) is 0 Å². The van der Waals surface area contributed by atoms with Crippen LogP contribution >= 0.6 is 0 Å². The minimum absolute atomic E-state index is 0.299. The van der Waals surface area contributed by atoms with Gasteiger partial charge in [0.15, 0.2) is 0 Å². The van der Waals surface area contributed by atoms with Crippen LogP contribution in [0.5, 0.6) is 11.5 Å². The Morgan fingerprint density at radius 3 is 2.55 bits per heavy atom. The molecule has 0 amide bonds. The molecule has 0 bridgehead atoms. The lowest BCUT2D eigenvalue weighted by Gasteiger charge is -2.12. The van der Waals surface area contributed by atoms with Gasteiger partial charge in [-0.1, -0.05) is 24.3 Å². The van der Waals surface area contributed by atoms with Crippen molar-refractivity contribution in [2.24, 2.45) is 0 Å². The largest absolute Gasteiger partial charge is 0.496 e. The fraction of sp³-hybridized carbons (Fsp3) is 0.200. The summed E-state index contributed by atoms with van der Waals surface area (Å²) in [7, 11) is 0.0687. The number of hydrogen-bond acceptors (Lipinski definition) is 4. The minimum Gasteiger partial charge on any atom is -0.496 e. The lowest BCUT2D eigenvalue weighted by molar-refractivity contribution is 0.296. The van der Waals surface area contributed by atoms with Crippen LogP contribution in [0.1, 0.15) is 11.1 Å². The number of ether oxygens (including phenoxy) is 2. The van der Waals surface area contributed by atoms with Crippen LogP contribution in [-0.2, 0) is 6.61 Å². The first-order valence-electron chi connectivity index (χ1n) is 6.32. The summed E-state index contributed by atoms with van der Waals surface area (Å²) < 4.78 is 11.0. The van der Waals surface area contributed by atoms with E-state index in [0.717, 1.165) is 16.9 Å². The molecule has 0 radical (unpaired) electrons. The number of methoxy groups -OCH3 is 1. The van der Waals surface area contributed by atoms with E-state index in [9.17, 15) is 10.0 Å². The Morgan fingerprint density at radius 2 is 1.90 bits per heavy atom. The van der Waals surface area contributed by atoms with E-state index < -0.39 is 7.12 Å². The predicted molar refractivity (Wildman–Crippen MR) is 78.3 cm³/mol. The van der Waals surface area contributed by atoms with E-state index in [1.54, 1.807) is 25.3 Å². The molecule has 0 unspecified atom stereocenters. The van der Waals surface area contributed by atoms with Crippen molar-refractivity contribution in [3.05, 3.63) is 53.6 Å². The molecular weight excluding hydrogens is 255 g/mol. The van der Waals surface area contributed by atoms with Gasteiger partial charge < -0.3 is 19.5 Å².